The summed E-state index contributed by atoms with van der Waals surface area (Å²) in [6.07, 6.45) is 8.99. The number of hydrogen-bond donors (Lipinski definition) is 2. The van der Waals surface area contributed by atoms with Crippen LogP contribution in [0.3, 0.4) is 0 Å². The molecule has 0 radical (unpaired) electrons. The first-order chi connectivity index (χ1) is 21.4. The summed E-state index contributed by atoms with van der Waals surface area (Å²) in [4.78, 5) is 4.97. The molecule has 3 unspecified atom stereocenters. The summed E-state index contributed by atoms with van der Waals surface area (Å²) in [5.74, 6) is 1.64. The summed E-state index contributed by atoms with van der Waals surface area (Å²) in [5.41, 5.74) is 10.1. The van der Waals surface area contributed by atoms with E-state index in [4.69, 9.17) is 0 Å². The highest BCUT2D eigenvalue weighted by molar-refractivity contribution is 5.54. The van der Waals surface area contributed by atoms with E-state index in [1.165, 1.54) is 60.0 Å². The van der Waals surface area contributed by atoms with E-state index >= 15 is 0 Å². The molecule has 0 amide bonds. The molecule has 234 valence electrons. The lowest BCUT2D eigenvalue weighted by Crippen LogP contribution is -2.47. The maximum Gasteiger partial charge on any atom is 0.0911 e. The van der Waals surface area contributed by atoms with Crippen LogP contribution in [0.1, 0.15) is 74.2 Å². The number of rotatable bonds is 13. The molecular weight excluding hydrogens is 536 g/mol. The molecule has 1 aliphatic carbocycles. The Hall–Kier alpha value is -3.66. The third-order valence-electron chi connectivity index (χ3n) is 9.98. The van der Waals surface area contributed by atoms with Crippen molar-refractivity contribution in [2.45, 2.75) is 71.8 Å². The number of nitrogens with one attached hydrogen (secondary N) is 2. The average Bonchev–Trinajstić information content (AvgIpc) is 3.06. The van der Waals surface area contributed by atoms with Crippen LogP contribution in [0.5, 0.6) is 0 Å². The molecular formula is C40H54N4. The van der Waals surface area contributed by atoms with E-state index in [0.717, 1.165) is 67.9 Å². The van der Waals surface area contributed by atoms with Gasteiger partial charge in [-0.25, -0.2) is 0 Å². The van der Waals surface area contributed by atoms with Crippen molar-refractivity contribution in [2.75, 3.05) is 42.9 Å². The van der Waals surface area contributed by atoms with Crippen LogP contribution in [0.2, 0.25) is 0 Å². The Labute approximate surface area is 267 Å². The maximum atomic E-state index is 4.61. The Bertz CT molecular complexity index is 1390. The summed E-state index contributed by atoms with van der Waals surface area (Å²) in [6, 6.07) is 26.5. The van der Waals surface area contributed by atoms with Gasteiger partial charge in [0.2, 0.25) is 0 Å². The van der Waals surface area contributed by atoms with Gasteiger partial charge in [0.25, 0.3) is 0 Å². The van der Waals surface area contributed by atoms with Gasteiger partial charge in [-0.2, -0.15) is 0 Å². The quantitative estimate of drug-likeness (QED) is 0.208. The molecule has 2 fully saturated rings. The molecule has 4 nitrogen and oxygen atoms in total. The van der Waals surface area contributed by atoms with Gasteiger partial charge in [0.05, 0.1) is 12.6 Å². The second-order valence-corrected chi connectivity index (χ2v) is 13.1. The predicted octanol–water partition coefficient (Wildman–Crippen LogP) is 8.91. The molecule has 0 spiro atoms. The van der Waals surface area contributed by atoms with Crippen LogP contribution >= 0.6 is 0 Å². The van der Waals surface area contributed by atoms with Crippen LogP contribution in [-0.2, 0) is 12.8 Å². The van der Waals surface area contributed by atoms with Gasteiger partial charge < -0.3 is 20.4 Å². The number of piperazine rings is 1. The van der Waals surface area contributed by atoms with E-state index in [9.17, 15) is 0 Å². The standard InChI is InChI=1S/C40H54N4/c1-6-33-15-13-16-34(27-33)28-36-18-8-10-20-38(36)40(42-37-19-12-14-30(3)26-37)32(5)41-29-31(4)43-22-24-44(25-23-43)39-21-11-9-17-35(39)7-2/h8-12,14,17-21,26,33-34,40-42H,4-7,13,15-16,22-25,27-29H2,1-3H3. The highest BCUT2D eigenvalue weighted by Gasteiger charge is 2.25. The lowest BCUT2D eigenvalue weighted by atomic mass is 9.77. The summed E-state index contributed by atoms with van der Waals surface area (Å²) < 4.78 is 0. The first kappa shape index (κ1) is 31.8. The van der Waals surface area contributed by atoms with Crippen molar-refractivity contribution in [3.05, 3.63) is 120 Å². The number of aryl methyl sites for hydroxylation is 2. The van der Waals surface area contributed by atoms with E-state index in [1.807, 2.05) is 0 Å². The van der Waals surface area contributed by atoms with Gasteiger partial charge in [-0.05, 0) is 78.5 Å². The van der Waals surface area contributed by atoms with Crippen molar-refractivity contribution < 1.29 is 0 Å². The Morgan fingerprint density at radius 2 is 1.59 bits per heavy atom. The van der Waals surface area contributed by atoms with Gasteiger partial charge in [0.1, 0.15) is 0 Å². The van der Waals surface area contributed by atoms with Gasteiger partial charge in [-0.1, -0.05) is 107 Å². The van der Waals surface area contributed by atoms with Crippen molar-refractivity contribution in [1.29, 1.82) is 0 Å². The monoisotopic (exact) mass is 590 g/mol. The maximum absolute atomic E-state index is 4.61. The summed E-state index contributed by atoms with van der Waals surface area (Å²) in [5, 5.41) is 7.57. The van der Waals surface area contributed by atoms with Crippen molar-refractivity contribution in [2.24, 2.45) is 11.8 Å². The second kappa shape index (κ2) is 15.4. The minimum atomic E-state index is -0.0336. The molecule has 0 aromatic heterocycles. The Morgan fingerprint density at radius 1 is 0.864 bits per heavy atom. The van der Waals surface area contributed by atoms with Gasteiger partial charge in [0.15, 0.2) is 0 Å². The summed E-state index contributed by atoms with van der Waals surface area (Å²) in [6.45, 7) is 20.6. The van der Waals surface area contributed by atoms with Crippen LogP contribution < -0.4 is 15.5 Å². The molecule has 4 heteroatoms. The largest absolute Gasteiger partial charge is 0.381 e. The van der Waals surface area contributed by atoms with Crippen molar-refractivity contribution in [1.82, 2.24) is 10.2 Å². The van der Waals surface area contributed by atoms with E-state index in [-0.39, 0.29) is 6.04 Å². The van der Waals surface area contributed by atoms with Gasteiger partial charge in [0, 0.05) is 48.9 Å². The normalized spacial score (nSPS) is 19.3. The number of nitrogens with zero attached hydrogens (tertiary/aromatic N) is 2. The van der Waals surface area contributed by atoms with Crippen molar-refractivity contribution in [3.63, 3.8) is 0 Å². The third-order valence-corrected chi connectivity index (χ3v) is 9.98. The number of hydrogen-bond acceptors (Lipinski definition) is 4. The van der Waals surface area contributed by atoms with E-state index in [0.29, 0.717) is 6.54 Å². The molecule has 2 aliphatic rings. The number of anilines is 2. The molecule has 2 N–H and O–H groups in total. The fourth-order valence-electron chi connectivity index (χ4n) is 7.34. The summed E-state index contributed by atoms with van der Waals surface area (Å²) >= 11 is 0. The molecule has 1 saturated carbocycles. The Kier molecular flexibility index (Phi) is 11.1. The lowest BCUT2D eigenvalue weighted by molar-refractivity contribution is 0.259. The first-order valence-corrected chi connectivity index (χ1v) is 17.0. The molecule has 1 saturated heterocycles. The Balaban J connectivity index is 1.26. The van der Waals surface area contributed by atoms with Crippen molar-refractivity contribution in [3.8, 4) is 0 Å². The molecule has 1 aliphatic heterocycles. The zero-order valence-electron chi connectivity index (χ0n) is 27.5. The molecule has 5 rings (SSSR count). The first-order valence-electron chi connectivity index (χ1n) is 17.0. The van der Waals surface area contributed by atoms with E-state index in [2.05, 4.69) is 127 Å². The van der Waals surface area contributed by atoms with E-state index in [1.54, 1.807) is 0 Å². The number of para-hydroxylation sites is 1. The smallest absolute Gasteiger partial charge is 0.0911 e. The van der Waals surface area contributed by atoms with Gasteiger partial charge >= 0.3 is 0 Å². The van der Waals surface area contributed by atoms with Gasteiger partial charge in [-0.3, -0.25) is 0 Å². The second-order valence-electron chi connectivity index (χ2n) is 13.1. The zero-order chi connectivity index (χ0) is 30.9. The number of benzene rings is 3. The Morgan fingerprint density at radius 3 is 2.34 bits per heavy atom. The molecule has 44 heavy (non-hydrogen) atoms. The molecule has 0 bridgehead atoms. The lowest BCUT2D eigenvalue weighted by Gasteiger charge is -2.39. The fourth-order valence-corrected chi connectivity index (χ4v) is 7.34. The van der Waals surface area contributed by atoms with Crippen LogP contribution in [0.25, 0.3) is 0 Å². The van der Waals surface area contributed by atoms with Gasteiger partial charge in [-0.15, -0.1) is 0 Å². The minimum Gasteiger partial charge on any atom is -0.381 e. The predicted molar refractivity (Wildman–Crippen MR) is 189 cm³/mol. The van der Waals surface area contributed by atoms with Crippen LogP contribution in [0.4, 0.5) is 11.4 Å². The molecule has 3 aromatic carbocycles. The third kappa shape index (κ3) is 8.08. The van der Waals surface area contributed by atoms with Crippen LogP contribution in [0.15, 0.2) is 97.3 Å². The molecule has 3 aromatic rings. The van der Waals surface area contributed by atoms with Crippen LogP contribution in [0, 0.1) is 18.8 Å². The van der Waals surface area contributed by atoms with E-state index < -0.39 is 0 Å². The van der Waals surface area contributed by atoms with Crippen molar-refractivity contribution >= 4 is 11.4 Å². The highest BCUT2D eigenvalue weighted by Crippen LogP contribution is 2.36. The topological polar surface area (TPSA) is 30.5 Å². The fraction of sp³-hybridized carbons (Fsp3) is 0.450. The van der Waals surface area contributed by atoms with Crippen LogP contribution in [-0.4, -0.2) is 37.6 Å². The summed E-state index contributed by atoms with van der Waals surface area (Å²) in [7, 11) is 0. The minimum absolute atomic E-state index is 0.0336. The molecule has 3 atom stereocenters. The highest BCUT2D eigenvalue weighted by atomic mass is 15.3. The zero-order valence-corrected chi connectivity index (χ0v) is 27.5. The molecule has 1 heterocycles. The SMILES string of the molecule is C=C(NCC(=C)N1CCN(c2ccccc2CC)CC1)C(Nc1cccc(C)c1)c1ccccc1CC1CCCC(CC)C1. The average molecular weight is 591 g/mol.